The fraction of sp³-hybridized carbons (Fsp3) is 0.467. The molecule has 1 saturated carbocycles. The molecule has 1 aliphatic carbocycles. The summed E-state index contributed by atoms with van der Waals surface area (Å²) in [6.45, 7) is 1.53. The van der Waals surface area contributed by atoms with E-state index < -0.39 is 12.0 Å². The maximum absolute atomic E-state index is 12.7. The third kappa shape index (κ3) is 3.79. The highest BCUT2D eigenvalue weighted by Gasteiger charge is 2.27. The highest BCUT2D eigenvalue weighted by molar-refractivity contribution is 5.95. The lowest BCUT2D eigenvalue weighted by atomic mass is 10.1. The number of hydrogen-bond acceptors (Lipinski definition) is 3. The SMILES string of the molecule is C[C@@H](OC(=O)C1CCCC1)C(=O)Nc1ccc(F)cc1. The minimum Gasteiger partial charge on any atom is -0.452 e. The molecule has 0 radical (unpaired) electrons. The quantitative estimate of drug-likeness (QED) is 0.862. The third-order valence-electron chi connectivity index (χ3n) is 3.46. The zero-order valence-electron chi connectivity index (χ0n) is 11.4. The van der Waals surface area contributed by atoms with E-state index in [2.05, 4.69) is 5.32 Å². The molecule has 1 atom stereocenters. The predicted molar refractivity (Wildman–Crippen MR) is 72.5 cm³/mol. The van der Waals surface area contributed by atoms with Crippen molar-refractivity contribution < 1.29 is 18.7 Å². The molecule has 0 aliphatic heterocycles. The number of rotatable bonds is 4. The van der Waals surface area contributed by atoms with Crippen LogP contribution in [0.3, 0.4) is 0 Å². The molecule has 0 heterocycles. The molecule has 5 heteroatoms. The normalized spacial score (nSPS) is 16.7. The van der Waals surface area contributed by atoms with Gasteiger partial charge in [-0.2, -0.15) is 0 Å². The number of halogens is 1. The summed E-state index contributed by atoms with van der Waals surface area (Å²) < 4.78 is 17.9. The summed E-state index contributed by atoms with van der Waals surface area (Å²) in [5, 5.41) is 2.58. The van der Waals surface area contributed by atoms with Gasteiger partial charge in [-0.05, 0) is 44.0 Å². The minimum absolute atomic E-state index is 0.0731. The van der Waals surface area contributed by atoms with E-state index >= 15 is 0 Å². The molecule has 0 bridgehead atoms. The van der Waals surface area contributed by atoms with Crippen molar-refractivity contribution in [1.29, 1.82) is 0 Å². The average molecular weight is 279 g/mol. The maximum Gasteiger partial charge on any atom is 0.309 e. The lowest BCUT2D eigenvalue weighted by Gasteiger charge is -2.16. The van der Waals surface area contributed by atoms with E-state index in [1.165, 1.54) is 31.2 Å². The number of ether oxygens (including phenoxy) is 1. The van der Waals surface area contributed by atoms with Crippen LogP contribution in [0.15, 0.2) is 24.3 Å². The molecule has 0 unspecified atom stereocenters. The molecule has 0 spiro atoms. The van der Waals surface area contributed by atoms with Gasteiger partial charge in [-0.3, -0.25) is 9.59 Å². The van der Waals surface area contributed by atoms with Gasteiger partial charge in [-0.25, -0.2) is 4.39 Å². The van der Waals surface area contributed by atoms with Gasteiger partial charge in [0.2, 0.25) is 0 Å². The van der Waals surface area contributed by atoms with Gasteiger partial charge < -0.3 is 10.1 Å². The predicted octanol–water partition coefficient (Wildman–Crippen LogP) is 2.89. The van der Waals surface area contributed by atoms with E-state index in [0.717, 1.165) is 25.7 Å². The number of esters is 1. The van der Waals surface area contributed by atoms with Crippen LogP contribution in [0.1, 0.15) is 32.6 Å². The number of nitrogens with one attached hydrogen (secondary N) is 1. The Kier molecular flexibility index (Phi) is 4.71. The van der Waals surface area contributed by atoms with Gasteiger partial charge in [0.05, 0.1) is 5.92 Å². The highest BCUT2D eigenvalue weighted by Crippen LogP contribution is 2.26. The first kappa shape index (κ1) is 14.5. The van der Waals surface area contributed by atoms with E-state index in [1.807, 2.05) is 0 Å². The molecule has 1 N–H and O–H groups in total. The van der Waals surface area contributed by atoms with Gasteiger partial charge in [0.15, 0.2) is 6.10 Å². The molecule has 1 amide bonds. The average Bonchev–Trinajstić information content (AvgIpc) is 2.95. The number of carbonyl (C=O) groups is 2. The van der Waals surface area contributed by atoms with Gasteiger partial charge in [0.1, 0.15) is 5.82 Å². The van der Waals surface area contributed by atoms with Crippen molar-refractivity contribution in [2.75, 3.05) is 5.32 Å². The van der Waals surface area contributed by atoms with Crippen molar-refractivity contribution >= 4 is 17.6 Å². The maximum atomic E-state index is 12.7. The second-order valence-corrected chi connectivity index (χ2v) is 5.06. The van der Waals surface area contributed by atoms with Crippen LogP contribution < -0.4 is 5.32 Å². The van der Waals surface area contributed by atoms with E-state index in [9.17, 15) is 14.0 Å². The van der Waals surface area contributed by atoms with Crippen LogP contribution in [0.2, 0.25) is 0 Å². The van der Waals surface area contributed by atoms with Gasteiger partial charge >= 0.3 is 5.97 Å². The van der Waals surface area contributed by atoms with Crippen LogP contribution in [-0.2, 0) is 14.3 Å². The van der Waals surface area contributed by atoms with Gasteiger partial charge in [-0.1, -0.05) is 12.8 Å². The first-order chi connectivity index (χ1) is 9.56. The number of anilines is 1. The van der Waals surface area contributed by atoms with Crippen molar-refractivity contribution in [3.05, 3.63) is 30.1 Å². The fourth-order valence-electron chi connectivity index (χ4n) is 2.26. The van der Waals surface area contributed by atoms with Gasteiger partial charge in [0.25, 0.3) is 5.91 Å². The van der Waals surface area contributed by atoms with E-state index in [-0.39, 0.29) is 17.7 Å². The molecule has 1 fully saturated rings. The Bertz CT molecular complexity index is 480. The van der Waals surface area contributed by atoms with Crippen molar-refractivity contribution in [2.45, 2.75) is 38.7 Å². The number of hydrogen-bond donors (Lipinski definition) is 1. The zero-order chi connectivity index (χ0) is 14.5. The van der Waals surface area contributed by atoms with Crippen LogP contribution in [0.4, 0.5) is 10.1 Å². The summed E-state index contributed by atoms with van der Waals surface area (Å²) >= 11 is 0. The number of benzene rings is 1. The van der Waals surface area contributed by atoms with Crippen LogP contribution in [0, 0.1) is 11.7 Å². The highest BCUT2D eigenvalue weighted by atomic mass is 19.1. The fourth-order valence-corrected chi connectivity index (χ4v) is 2.26. The summed E-state index contributed by atoms with van der Waals surface area (Å²) in [6, 6.07) is 5.42. The van der Waals surface area contributed by atoms with Crippen molar-refractivity contribution in [1.82, 2.24) is 0 Å². The first-order valence-electron chi connectivity index (χ1n) is 6.83. The molecular weight excluding hydrogens is 261 g/mol. The molecule has 0 saturated heterocycles. The molecule has 1 aliphatic rings. The minimum atomic E-state index is -0.854. The Morgan fingerprint density at radius 2 is 1.85 bits per heavy atom. The van der Waals surface area contributed by atoms with Crippen molar-refractivity contribution in [2.24, 2.45) is 5.92 Å². The number of amides is 1. The Morgan fingerprint density at radius 3 is 2.45 bits per heavy atom. The third-order valence-corrected chi connectivity index (χ3v) is 3.46. The molecule has 108 valence electrons. The van der Waals surface area contributed by atoms with Gasteiger partial charge in [-0.15, -0.1) is 0 Å². The van der Waals surface area contributed by atoms with Crippen LogP contribution in [-0.4, -0.2) is 18.0 Å². The summed E-state index contributed by atoms with van der Waals surface area (Å²) in [4.78, 5) is 23.7. The Balaban J connectivity index is 1.85. The monoisotopic (exact) mass is 279 g/mol. The van der Waals surface area contributed by atoms with E-state index in [0.29, 0.717) is 5.69 Å². The van der Waals surface area contributed by atoms with Gasteiger partial charge in [0, 0.05) is 5.69 Å². The Labute approximate surface area is 117 Å². The summed E-state index contributed by atoms with van der Waals surface area (Å²) in [6.07, 6.45) is 2.90. The smallest absolute Gasteiger partial charge is 0.309 e. The number of carbonyl (C=O) groups excluding carboxylic acids is 2. The zero-order valence-corrected chi connectivity index (χ0v) is 11.4. The summed E-state index contributed by atoms with van der Waals surface area (Å²) in [7, 11) is 0. The lowest BCUT2D eigenvalue weighted by molar-refractivity contribution is -0.157. The topological polar surface area (TPSA) is 55.4 Å². The molecule has 2 rings (SSSR count). The molecule has 4 nitrogen and oxygen atoms in total. The Hall–Kier alpha value is -1.91. The summed E-state index contributed by atoms with van der Waals surface area (Å²) in [5.41, 5.74) is 0.472. The molecule has 20 heavy (non-hydrogen) atoms. The molecule has 1 aromatic rings. The van der Waals surface area contributed by atoms with Crippen molar-refractivity contribution in [3.63, 3.8) is 0 Å². The molecule has 1 aromatic carbocycles. The van der Waals surface area contributed by atoms with Crippen LogP contribution in [0.5, 0.6) is 0 Å². The molecular formula is C15H18FNO3. The second kappa shape index (κ2) is 6.50. The lowest BCUT2D eigenvalue weighted by Crippen LogP contribution is -2.31. The molecule has 0 aromatic heterocycles. The first-order valence-corrected chi connectivity index (χ1v) is 6.83. The van der Waals surface area contributed by atoms with Crippen molar-refractivity contribution in [3.8, 4) is 0 Å². The Morgan fingerprint density at radius 1 is 1.25 bits per heavy atom. The second-order valence-electron chi connectivity index (χ2n) is 5.06. The van der Waals surface area contributed by atoms with E-state index in [4.69, 9.17) is 4.74 Å². The standard InChI is InChI=1S/C15H18FNO3/c1-10(20-15(19)11-4-2-3-5-11)14(18)17-13-8-6-12(16)7-9-13/h6-11H,2-5H2,1H3,(H,17,18)/t10-/m1/s1. The largest absolute Gasteiger partial charge is 0.452 e. The van der Waals surface area contributed by atoms with E-state index in [1.54, 1.807) is 0 Å². The van der Waals surface area contributed by atoms with Crippen LogP contribution in [0.25, 0.3) is 0 Å². The summed E-state index contributed by atoms with van der Waals surface area (Å²) in [5.74, 6) is -1.16. The van der Waals surface area contributed by atoms with Crippen LogP contribution >= 0.6 is 0 Å².